The Balaban J connectivity index is 2.09. The highest BCUT2D eigenvalue weighted by Gasteiger charge is 2.54. The maximum Gasteiger partial charge on any atom is 0.481 e. The Hall–Kier alpha value is -2.10. The molecule has 1 aromatic rings. The van der Waals surface area contributed by atoms with Crippen LogP contribution < -0.4 is 10.6 Å². The number of amides is 2. The van der Waals surface area contributed by atoms with Crippen LogP contribution in [0.4, 0.5) is 4.79 Å². The molecular formula is C21H33BN2O6. The van der Waals surface area contributed by atoms with Crippen molar-refractivity contribution in [3.63, 3.8) is 0 Å². The highest BCUT2D eigenvalue weighted by molar-refractivity contribution is 6.48. The Bertz CT molecular complexity index is 697. The van der Waals surface area contributed by atoms with Crippen molar-refractivity contribution in [2.75, 3.05) is 13.7 Å². The van der Waals surface area contributed by atoms with E-state index in [1.807, 2.05) is 45.9 Å². The molecule has 0 bridgehead atoms. The molecule has 0 radical (unpaired) electrons. The Labute approximate surface area is 178 Å². The lowest BCUT2D eigenvalue weighted by Crippen LogP contribution is -2.55. The summed E-state index contributed by atoms with van der Waals surface area (Å²) in [6, 6.07) is 9.07. The largest absolute Gasteiger partial charge is 0.481 e. The summed E-state index contributed by atoms with van der Waals surface area (Å²) in [4.78, 5) is 23.8. The van der Waals surface area contributed by atoms with Gasteiger partial charge in [-0.25, -0.2) is 4.79 Å². The first-order valence-electron chi connectivity index (χ1n) is 10.2. The molecule has 1 aliphatic rings. The molecule has 2 rings (SSSR count). The Morgan fingerprint density at radius 2 is 1.70 bits per heavy atom. The molecule has 0 aliphatic carbocycles. The SMILES string of the molecule is COCC(NC(=O)O)C(=O)N[C@@H](CCCc1ccccc1)B1OC(C)(C)C(C)(C)O1. The van der Waals surface area contributed by atoms with Crippen molar-refractivity contribution in [2.24, 2.45) is 0 Å². The van der Waals surface area contributed by atoms with Crippen molar-refractivity contribution in [1.82, 2.24) is 10.6 Å². The van der Waals surface area contributed by atoms with Crippen LogP contribution in [0.2, 0.25) is 0 Å². The Kier molecular flexibility index (Phi) is 8.29. The first-order valence-corrected chi connectivity index (χ1v) is 10.2. The monoisotopic (exact) mass is 420 g/mol. The molecule has 166 valence electrons. The van der Waals surface area contributed by atoms with Gasteiger partial charge in [-0.05, 0) is 52.5 Å². The van der Waals surface area contributed by atoms with Gasteiger partial charge in [-0.15, -0.1) is 0 Å². The standard InChI is InChI=1S/C21H33BN2O6/c1-20(2)21(3,4)30-22(29-20)17(13-9-12-15-10-7-6-8-11-15)24-18(25)16(14-28-5)23-19(26)27/h6-8,10-11,16-17,23H,9,12-14H2,1-5H3,(H,24,25)(H,26,27)/t16?,17-/m0/s1. The lowest BCUT2D eigenvalue weighted by atomic mass is 9.75. The lowest BCUT2D eigenvalue weighted by Gasteiger charge is -2.32. The minimum absolute atomic E-state index is 0.0712. The van der Waals surface area contributed by atoms with Crippen LogP contribution in [0.1, 0.15) is 46.1 Å². The first kappa shape index (κ1) is 24.2. The highest BCUT2D eigenvalue weighted by atomic mass is 16.7. The number of ether oxygens (including phenoxy) is 1. The number of hydrogen-bond donors (Lipinski definition) is 3. The summed E-state index contributed by atoms with van der Waals surface area (Å²) in [5.41, 5.74) is 0.137. The third-order valence-electron chi connectivity index (χ3n) is 5.70. The van der Waals surface area contributed by atoms with E-state index < -0.39 is 42.3 Å². The smallest absolute Gasteiger partial charge is 0.465 e. The fourth-order valence-electron chi connectivity index (χ4n) is 3.28. The fourth-order valence-corrected chi connectivity index (χ4v) is 3.28. The van der Waals surface area contributed by atoms with Crippen molar-refractivity contribution in [1.29, 1.82) is 0 Å². The van der Waals surface area contributed by atoms with Gasteiger partial charge in [0.2, 0.25) is 5.91 Å². The second-order valence-corrected chi connectivity index (χ2v) is 8.58. The van der Waals surface area contributed by atoms with E-state index in [0.717, 1.165) is 12.8 Å². The predicted molar refractivity (Wildman–Crippen MR) is 114 cm³/mol. The molecule has 30 heavy (non-hydrogen) atoms. The van der Waals surface area contributed by atoms with Gasteiger partial charge in [0.15, 0.2) is 0 Å². The van der Waals surface area contributed by atoms with Crippen LogP contribution in [-0.2, 0) is 25.3 Å². The third-order valence-corrected chi connectivity index (χ3v) is 5.70. The molecule has 0 saturated carbocycles. The minimum atomic E-state index is -1.29. The zero-order valence-electron chi connectivity index (χ0n) is 18.4. The highest BCUT2D eigenvalue weighted by Crippen LogP contribution is 2.38. The van der Waals surface area contributed by atoms with E-state index in [4.69, 9.17) is 19.2 Å². The first-order chi connectivity index (χ1) is 14.1. The van der Waals surface area contributed by atoms with E-state index in [-0.39, 0.29) is 6.61 Å². The summed E-state index contributed by atoms with van der Waals surface area (Å²) in [5, 5.41) is 14.1. The summed E-state index contributed by atoms with van der Waals surface area (Å²) in [7, 11) is 0.776. The molecule has 1 heterocycles. The summed E-state index contributed by atoms with van der Waals surface area (Å²) >= 11 is 0. The molecule has 3 N–H and O–H groups in total. The van der Waals surface area contributed by atoms with Gasteiger partial charge in [0, 0.05) is 7.11 Å². The van der Waals surface area contributed by atoms with Crippen LogP contribution in [0.15, 0.2) is 30.3 Å². The second-order valence-electron chi connectivity index (χ2n) is 8.58. The number of aryl methyl sites for hydroxylation is 1. The maximum atomic E-state index is 12.8. The quantitative estimate of drug-likeness (QED) is 0.502. The molecular weight excluding hydrogens is 387 g/mol. The van der Waals surface area contributed by atoms with Gasteiger partial charge in [-0.3, -0.25) is 4.79 Å². The number of benzene rings is 1. The van der Waals surface area contributed by atoms with Gasteiger partial charge < -0.3 is 29.8 Å². The Morgan fingerprint density at radius 1 is 1.10 bits per heavy atom. The van der Waals surface area contributed by atoms with Crippen LogP contribution >= 0.6 is 0 Å². The zero-order valence-corrected chi connectivity index (χ0v) is 18.4. The summed E-state index contributed by atoms with van der Waals surface area (Å²) < 4.78 is 17.3. The molecule has 0 spiro atoms. The number of hydrogen-bond acceptors (Lipinski definition) is 5. The van der Waals surface area contributed by atoms with E-state index in [0.29, 0.717) is 6.42 Å². The van der Waals surface area contributed by atoms with Crippen LogP contribution in [0.25, 0.3) is 0 Å². The minimum Gasteiger partial charge on any atom is -0.465 e. The van der Waals surface area contributed by atoms with E-state index in [1.165, 1.54) is 12.7 Å². The normalized spacial score (nSPS) is 19.2. The van der Waals surface area contributed by atoms with Gasteiger partial charge in [0.25, 0.3) is 0 Å². The molecule has 2 amide bonds. The second kappa shape index (κ2) is 10.3. The molecule has 8 nitrogen and oxygen atoms in total. The van der Waals surface area contributed by atoms with Crippen molar-refractivity contribution in [2.45, 2.75) is 70.1 Å². The number of rotatable bonds is 10. The topological polar surface area (TPSA) is 106 Å². The van der Waals surface area contributed by atoms with Crippen molar-refractivity contribution >= 4 is 19.1 Å². The van der Waals surface area contributed by atoms with E-state index in [9.17, 15) is 9.59 Å². The van der Waals surface area contributed by atoms with Crippen LogP contribution in [-0.4, -0.2) is 61.1 Å². The van der Waals surface area contributed by atoms with Gasteiger partial charge >= 0.3 is 13.2 Å². The maximum absolute atomic E-state index is 12.8. The van der Waals surface area contributed by atoms with Gasteiger partial charge in [-0.1, -0.05) is 30.3 Å². The van der Waals surface area contributed by atoms with Gasteiger partial charge in [-0.2, -0.15) is 0 Å². The van der Waals surface area contributed by atoms with E-state index in [2.05, 4.69) is 22.8 Å². The number of carbonyl (C=O) groups excluding carboxylic acids is 1. The van der Waals surface area contributed by atoms with Crippen LogP contribution in [0.5, 0.6) is 0 Å². The summed E-state index contributed by atoms with van der Waals surface area (Å²) in [6.07, 6.45) is 0.982. The van der Waals surface area contributed by atoms with Gasteiger partial charge in [0.1, 0.15) is 6.04 Å². The number of nitrogens with one attached hydrogen (secondary N) is 2. The average molecular weight is 420 g/mol. The molecule has 1 saturated heterocycles. The van der Waals surface area contributed by atoms with E-state index >= 15 is 0 Å². The number of carboxylic acid groups (broad SMARTS) is 1. The average Bonchev–Trinajstić information content (AvgIpc) is 2.88. The zero-order chi connectivity index (χ0) is 22.4. The predicted octanol–water partition coefficient (Wildman–Crippen LogP) is 2.41. The molecule has 1 fully saturated rings. The number of carbonyl (C=O) groups is 2. The molecule has 1 unspecified atom stereocenters. The molecule has 9 heteroatoms. The van der Waals surface area contributed by atoms with E-state index in [1.54, 1.807) is 0 Å². The molecule has 0 aromatic heterocycles. The molecule has 1 aliphatic heterocycles. The van der Waals surface area contributed by atoms with Crippen molar-refractivity contribution < 1.29 is 28.7 Å². The summed E-state index contributed by atoms with van der Waals surface area (Å²) in [6.45, 7) is 7.74. The van der Waals surface area contributed by atoms with Crippen molar-refractivity contribution in [3.05, 3.63) is 35.9 Å². The van der Waals surface area contributed by atoms with Crippen LogP contribution in [0.3, 0.4) is 0 Å². The third kappa shape index (κ3) is 6.45. The fraction of sp³-hybridized carbons (Fsp3) is 0.619. The molecule has 1 aromatic carbocycles. The summed E-state index contributed by atoms with van der Waals surface area (Å²) in [5.74, 6) is -0.907. The molecule has 2 atom stereocenters. The lowest BCUT2D eigenvalue weighted by molar-refractivity contribution is -0.124. The van der Waals surface area contributed by atoms with Crippen LogP contribution in [0, 0.1) is 0 Å². The van der Waals surface area contributed by atoms with Crippen molar-refractivity contribution in [3.8, 4) is 0 Å². The Morgan fingerprint density at radius 3 is 2.23 bits per heavy atom. The number of methoxy groups -OCH3 is 1. The van der Waals surface area contributed by atoms with Gasteiger partial charge in [0.05, 0.1) is 23.8 Å².